The third kappa shape index (κ3) is 6.64. The van der Waals surface area contributed by atoms with E-state index in [0.717, 1.165) is 35.5 Å². The molecule has 1 aromatic heterocycles. The number of cyclic esters (lactones) is 1. The second kappa shape index (κ2) is 11.3. The number of thiazole rings is 1. The van der Waals surface area contributed by atoms with E-state index in [-0.39, 0.29) is 17.8 Å². The van der Waals surface area contributed by atoms with Gasteiger partial charge in [-0.25, -0.2) is 9.78 Å². The molecule has 1 fully saturated rings. The normalized spacial score (nSPS) is 34.6. The Bertz CT molecular complexity index is 933. The lowest BCUT2D eigenvalue weighted by molar-refractivity contribution is -0.153. The van der Waals surface area contributed by atoms with Crippen molar-refractivity contribution in [3.63, 3.8) is 0 Å². The average Bonchev–Trinajstić information content (AvgIpc) is 3.19. The first-order valence-electron chi connectivity index (χ1n) is 12.3. The fraction of sp³-hybridized carbons (Fsp3) is 0.667. The molecule has 2 aliphatic rings. The fourth-order valence-corrected chi connectivity index (χ4v) is 5.42. The molecule has 0 aliphatic carbocycles. The SMILES string of the molecule is C/C(=C\c1csc(C)n1)[C@@H]1C[C@@H]2OCC2CCCC(C)[C@H](O)C(C)C(=O)C(C)(C)/C=C/C(=O)O1. The van der Waals surface area contributed by atoms with Gasteiger partial charge < -0.3 is 14.6 Å². The predicted octanol–water partition coefficient (Wildman–Crippen LogP) is 5.14. The molecule has 7 heteroatoms. The van der Waals surface area contributed by atoms with E-state index >= 15 is 0 Å². The van der Waals surface area contributed by atoms with Gasteiger partial charge in [0, 0.05) is 35.1 Å². The lowest BCUT2D eigenvalue weighted by atomic mass is 9.76. The van der Waals surface area contributed by atoms with Gasteiger partial charge in [-0.15, -0.1) is 11.3 Å². The Hall–Kier alpha value is -1.83. The molecule has 6 atom stereocenters. The summed E-state index contributed by atoms with van der Waals surface area (Å²) in [5.41, 5.74) is 0.887. The Morgan fingerprint density at radius 2 is 2.00 bits per heavy atom. The number of rotatable bonds is 2. The third-order valence-electron chi connectivity index (χ3n) is 7.29. The highest BCUT2D eigenvalue weighted by atomic mass is 32.1. The maximum atomic E-state index is 13.1. The highest BCUT2D eigenvalue weighted by Gasteiger charge is 2.37. The number of carbonyl (C=O) groups is 2. The van der Waals surface area contributed by atoms with Crippen LogP contribution in [0, 0.1) is 30.1 Å². The number of allylic oxidation sites excluding steroid dienone is 1. The molecule has 0 aromatic carbocycles. The highest BCUT2D eigenvalue weighted by molar-refractivity contribution is 7.09. The lowest BCUT2D eigenvalue weighted by Crippen LogP contribution is -2.43. The summed E-state index contributed by atoms with van der Waals surface area (Å²) < 4.78 is 11.8. The summed E-state index contributed by atoms with van der Waals surface area (Å²) in [6.07, 6.45) is 7.21. The van der Waals surface area contributed by atoms with Gasteiger partial charge in [0.2, 0.25) is 0 Å². The van der Waals surface area contributed by atoms with E-state index in [2.05, 4.69) is 4.98 Å². The van der Waals surface area contributed by atoms with Crippen molar-refractivity contribution in [2.24, 2.45) is 23.2 Å². The van der Waals surface area contributed by atoms with E-state index in [1.165, 1.54) is 6.08 Å². The van der Waals surface area contributed by atoms with Crippen LogP contribution in [0.5, 0.6) is 0 Å². The molecule has 3 rings (SSSR count). The summed E-state index contributed by atoms with van der Waals surface area (Å²) in [6, 6.07) is 0. The van der Waals surface area contributed by atoms with E-state index in [0.29, 0.717) is 18.9 Å². The number of fused-ring (bicyclic) bond motifs is 1. The second-order valence-electron chi connectivity index (χ2n) is 10.6. The van der Waals surface area contributed by atoms with Crippen LogP contribution in [0.3, 0.4) is 0 Å². The molecule has 0 spiro atoms. The van der Waals surface area contributed by atoms with Gasteiger partial charge in [-0.05, 0) is 58.1 Å². The van der Waals surface area contributed by atoms with Crippen LogP contribution in [-0.2, 0) is 19.1 Å². The van der Waals surface area contributed by atoms with E-state index in [4.69, 9.17) is 9.47 Å². The minimum atomic E-state index is -0.892. The smallest absolute Gasteiger partial charge is 0.331 e. The zero-order chi connectivity index (χ0) is 25.0. The molecule has 1 saturated heterocycles. The van der Waals surface area contributed by atoms with Crippen LogP contribution in [0.1, 0.15) is 71.0 Å². The van der Waals surface area contributed by atoms with Gasteiger partial charge in [0.25, 0.3) is 0 Å². The minimum absolute atomic E-state index is 0.0236. The van der Waals surface area contributed by atoms with Crippen molar-refractivity contribution >= 4 is 29.2 Å². The van der Waals surface area contributed by atoms with Gasteiger partial charge >= 0.3 is 5.97 Å². The number of aliphatic hydroxyl groups excluding tert-OH is 1. The maximum absolute atomic E-state index is 13.1. The number of Topliss-reactive ketones (excluding diaryl/α,β-unsaturated/α-hetero) is 1. The van der Waals surface area contributed by atoms with Crippen molar-refractivity contribution in [2.75, 3.05) is 6.61 Å². The summed E-state index contributed by atoms with van der Waals surface area (Å²) in [4.78, 5) is 30.4. The van der Waals surface area contributed by atoms with Crippen molar-refractivity contribution in [3.05, 3.63) is 33.8 Å². The number of esters is 1. The summed E-state index contributed by atoms with van der Waals surface area (Å²) in [6.45, 7) is 12.0. The molecule has 0 radical (unpaired) electrons. The Balaban J connectivity index is 1.85. The molecule has 3 heterocycles. The zero-order valence-electron chi connectivity index (χ0n) is 21.2. The molecule has 3 unspecified atom stereocenters. The molecule has 6 nitrogen and oxygen atoms in total. The first-order valence-corrected chi connectivity index (χ1v) is 13.2. The molecular formula is C27H39NO5S. The number of hydrogen-bond donors (Lipinski definition) is 1. The summed E-state index contributed by atoms with van der Waals surface area (Å²) in [5, 5.41) is 13.8. The molecule has 0 bridgehead atoms. The summed E-state index contributed by atoms with van der Waals surface area (Å²) in [7, 11) is 0. The lowest BCUT2D eigenvalue weighted by Gasteiger charge is -2.39. The second-order valence-corrected chi connectivity index (χ2v) is 11.6. The van der Waals surface area contributed by atoms with Gasteiger partial charge in [-0.2, -0.15) is 0 Å². The zero-order valence-corrected chi connectivity index (χ0v) is 22.1. The number of carbonyl (C=O) groups excluding carboxylic acids is 2. The molecule has 188 valence electrons. The van der Waals surface area contributed by atoms with Crippen LogP contribution in [-0.4, -0.2) is 46.8 Å². The van der Waals surface area contributed by atoms with Crippen LogP contribution in [0.2, 0.25) is 0 Å². The number of nitrogens with zero attached hydrogens (tertiary/aromatic N) is 1. The predicted molar refractivity (Wildman–Crippen MR) is 134 cm³/mol. The van der Waals surface area contributed by atoms with Crippen molar-refractivity contribution in [2.45, 2.75) is 85.5 Å². The first kappa shape index (κ1) is 26.8. The summed E-state index contributed by atoms with van der Waals surface area (Å²) in [5.74, 6) is -0.658. The van der Waals surface area contributed by atoms with Crippen LogP contribution in [0.15, 0.2) is 23.1 Å². The first-order chi connectivity index (χ1) is 16.0. The Kier molecular flexibility index (Phi) is 8.87. The number of aryl methyl sites for hydroxylation is 1. The Morgan fingerprint density at radius 3 is 2.62 bits per heavy atom. The molecule has 34 heavy (non-hydrogen) atoms. The number of ketones is 1. The van der Waals surface area contributed by atoms with E-state index < -0.39 is 29.5 Å². The number of aromatic nitrogens is 1. The van der Waals surface area contributed by atoms with Crippen molar-refractivity contribution in [1.29, 1.82) is 0 Å². The average molecular weight is 490 g/mol. The van der Waals surface area contributed by atoms with Gasteiger partial charge in [-0.3, -0.25) is 4.79 Å². The Labute approximate surface area is 207 Å². The van der Waals surface area contributed by atoms with E-state index in [1.54, 1.807) is 38.2 Å². The fourth-order valence-electron chi connectivity index (χ4n) is 4.85. The molecule has 2 aliphatic heterocycles. The van der Waals surface area contributed by atoms with Crippen molar-refractivity contribution in [1.82, 2.24) is 4.98 Å². The van der Waals surface area contributed by atoms with Gasteiger partial charge in [-0.1, -0.05) is 26.3 Å². The van der Waals surface area contributed by atoms with Crippen LogP contribution < -0.4 is 0 Å². The number of aliphatic hydroxyl groups is 1. The number of ether oxygens (including phenoxy) is 2. The van der Waals surface area contributed by atoms with Gasteiger partial charge in [0.1, 0.15) is 11.9 Å². The van der Waals surface area contributed by atoms with Crippen LogP contribution in [0.25, 0.3) is 6.08 Å². The van der Waals surface area contributed by atoms with E-state index in [1.807, 2.05) is 32.2 Å². The Morgan fingerprint density at radius 1 is 1.26 bits per heavy atom. The minimum Gasteiger partial charge on any atom is -0.455 e. The van der Waals surface area contributed by atoms with E-state index in [9.17, 15) is 14.7 Å². The largest absolute Gasteiger partial charge is 0.455 e. The molecular weight excluding hydrogens is 450 g/mol. The van der Waals surface area contributed by atoms with Crippen LogP contribution in [0.4, 0.5) is 0 Å². The van der Waals surface area contributed by atoms with Gasteiger partial charge in [0.05, 0.1) is 29.5 Å². The molecule has 0 saturated carbocycles. The van der Waals surface area contributed by atoms with Gasteiger partial charge in [0.15, 0.2) is 0 Å². The monoisotopic (exact) mass is 489 g/mol. The maximum Gasteiger partial charge on any atom is 0.331 e. The molecule has 0 amide bonds. The van der Waals surface area contributed by atoms with Crippen molar-refractivity contribution in [3.8, 4) is 0 Å². The quantitative estimate of drug-likeness (QED) is 0.579. The summed E-state index contributed by atoms with van der Waals surface area (Å²) >= 11 is 1.58. The topological polar surface area (TPSA) is 85.7 Å². The highest BCUT2D eigenvalue weighted by Crippen LogP contribution is 2.34. The standard InChI is InChI=1S/C27H39NO5S/c1-16-8-7-9-20-14-32-23(20)13-22(17(2)12-21-15-34-19(4)28-21)33-24(29)10-11-27(5,6)26(31)18(3)25(16)30/h10-12,15-16,18,20,22-23,25,30H,7-9,13-14H2,1-6H3/b11-10+,17-12+/t16?,18?,20?,22-,23-,25-/m0/s1. The number of hydrogen-bond acceptors (Lipinski definition) is 7. The third-order valence-corrected chi connectivity index (χ3v) is 8.08. The van der Waals surface area contributed by atoms with Crippen molar-refractivity contribution < 1.29 is 24.2 Å². The van der Waals surface area contributed by atoms with Crippen LogP contribution >= 0.6 is 11.3 Å². The molecule has 1 aromatic rings. The molecule has 1 N–H and O–H groups in total.